The number of piperidine rings is 1. The Morgan fingerprint density at radius 3 is 2.50 bits per heavy atom. The Morgan fingerprint density at radius 2 is 1.77 bits per heavy atom. The lowest BCUT2D eigenvalue weighted by molar-refractivity contribution is 0.0997. The highest BCUT2D eigenvalue weighted by molar-refractivity contribution is 6.03. The molecule has 4 rings (SSSR count). The van der Waals surface area contributed by atoms with Gasteiger partial charge in [0.15, 0.2) is 0 Å². The fourth-order valence-corrected chi connectivity index (χ4v) is 3.48. The van der Waals surface area contributed by atoms with Gasteiger partial charge in [-0.15, -0.1) is 0 Å². The van der Waals surface area contributed by atoms with Gasteiger partial charge in [0.05, 0.1) is 6.20 Å². The standard InChI is InChI=1S/C21H25N7O2/c1-13-8-7-9-14(2)17(13)25-18(29)16-12-22-21(30-16)27-19-23-15(3)24-20(26-19)28-10-5-4-6-11-28/h7-9,12H,4-6,10-11H2,1-3H3,(H,25,29)(H,22,23,24,26,27). The van der Waals surface area contributed by atoms with E-state index >= 15 is 0 Å². The lowest BCUT2D eigenvalue weighted by Crippen LogP contribution is -2.31. The minimum atomic E-state index is -0.367. The molecule has 0 unspecified atom stereocenters. The van der Waals surface area contributed by atoms with E-state index in [4.69, 9.17) is 4.42 Å². The predicted octanol–water partition coefficient (Wildman–Crippen LogP) is 3.77. The molecular formula is C21H25N7O2. The summed E-state index contributed by atoms with van der Waals surface area (Å²) in [6.07, 6.45) is 4.87. The molecular weight excluding hydrogens is 382 g/mol. The van der Waals surface area contributed by atoms with Crippen molar-refractivity contribution in [2.24, 2.45) is 0 Å². The Labute approximate surface area is 175 Å². The smallest absolute Gasteiger partial charge is 0.302 e. The average molecular weight is 407 g/mol. The Kier molecular flexibility index (Phi) is 5.60. The molecule has 0 saturated carbocycles. The van der Waals surface area contributed by atoms with Crippen LogP contribution in [0, 0.1) is 20.8 Å². The molecule has 2 aromatic heterocycles. The molecule has 1 aliphatic rings. The first-order valence-corrected chi connectivity index (χ1v) is 10.1. The molecule has 2 N–H and O–H groups in total. The van der Waals surface area contributed by atoms with E-state index in [1.54, 1.807) is 0 Å². The van der Waals surface area contributed by atoms with Crippen LogP contribution in [0.3, 0.4) is 0 Å². The summed E-state index contributed by atoms with van der Waals surface area (Å²) in [5.74, 6) is 1.32. The maximum atomic E-state index is 12.6. The van der Waals surface area contributed by atoms with E-state index in [2.05, 4.69) is 35.5 Å². The van der Waals surface area contributed by atoms with Gasteiger partial charge in [-0.2, -0.15) is 15.0 Å². The van der Waals surface area contributed by atoms with Crippen LogP contribution in [0.25, 0.3) is 0 Å². The zero-order valence-corrected chi connectivity index (χ0v) is 17.4. The SMILES string of the molecule is Cc1nc(Nc2ncc(C(=O)Nc3c(C)cccc3C)o2)nc(N2CCCCC2)n1. The molecule has 30 heavy (non-hydrogen) atoms. The first kappa shape index (κ1) is 19.8. The van der Waals surface area contributed by atoms with Crippen LogP contribution in [0.4, 0.5) is 23.6 Å². The third-order valence-corrected chi connectivity index (χ3v) is 5.04. The molecule has 0 aliphatic carbocycles. The predicted molar refractivity (Wildman–Crippen MR) is 114 cm³/mol. The van der Waals surface area contributed by atoms with Crippen LogP contribution in [0.15, 0.2) is 28.8 Å². The molecule has 0 spiro atoms. The van der Waals surface area contributed by atoms with Crippen molar-refractivity contribution in [1.29, 1.82) is 0 Å². The van der Waals surface area contributed by atoms with Gasteiger partial charge in [0, 0.05) is 18.8 Å². The van der Waals surface area contributed by atoms with Crippen LogP contribution in [0.5, 0.6) is 0 Å². The van der Waals surface area contributed by atoms with Gasteiger partial charge in [-0.1, -0.05) is 18.2 Å². The van der Waals surface area contributed by atoms with Gasteiger partial charge in [-0.3, -0.25) is 10.1 Å². The average Bonchev–Trinajstić information content (AvgIpc) is 3.19. The Balaban J connectivity index is 1.48. The fraction of sp³-hybridized carbons (Fsp3) is 0.381. The third-order valence-electron chi connectivity index (χ3n) is 5.04. The van der Waals surface area contributed by atoms with Crippen molar-refractivity contribution in [1.82, 2.24) is 19.9 Å². The maximum absolute atomic E-state index is 12.6. The lowest BCUT2D eigenvalue weighted by atomic mass is 10.1. The van der Waals surface area contributed by atoms with E-state index in [0.29, 0.717) is 17.7 Å². The summed E-state index contributed by atoms with van der Waals surface area (Å²) >= 11 is 0. The molecule has 0 radical (unpaired) electrons. The highest BCUT2D eigenvalue weighted by Gasteiger charge is 2.18. The van der Waals surface area contributed by atoms with Gasteiger partial charge in [-0.05, 0) is 51.2 Å². The first-order valence-electron chi connectivity index (χ1n) is 10.1. The number of rotatable bonds is 5. The van der Waals surface area contributed by atoms with Gasteiger partial charge >= 0.3 is 6.01 Å². The van der Waals surface area contributed by atoms with Crippen molar-refractivity contribution < 1.29 is 9.21 Å². The molecule has 3 aromatic rings. The molecule has 1 aromatic carbocycles. The second-order valence-corrected chi connectivity index (χ2v) is 7.43. The summed E-state index contributed by atoms with van der Waals surface area (Å²) in [6, 6.07) is 5.99. The van der Waals surface area contributed by atoms with Crippen molar-refractivity contribution in [3.05, 3.63) is 47.1 Å². The number of amides is 1. The number of anilines is 4. The molecule has 1 saturated heterocycles. The quantitative estimate of drug-likeness (QED) is 0.658. The van der Waals surface area contributed by atoms with Gasteiger partial charge in [0.2, 0.25) is 17.7 Å². The molecule has 0 bridgehead atoms. The van der Waals surface area contributed by atoms with E-state index < -0.39 is 0 Å². The number of carbonyl (C=O) groups is 1. The Morgan fingerprint density at radius 1 is 1.03 bits per heavy atom. The second-order valence-electron chi connectivity index (χ2n) is 7.43. The van der Waals surface area contributed by atoms with Crippen molar-refractivity contribution >= 4 is 29.5 Å². The summed E-state index contributed by atoms with van der Waals surface area (Å²) in [4.78, 5) is 32.1. The van der Waals surface area contributed by atoms with Crippen LogP contribution in [0.1, 0.15) is 46.8 Å². The number of aryl methyl sites for hydroxylation is 3. The zero-order valence-electron chi connectivity index (χ0n) is 17.4. The van der Waals surface area contributed by atoms with Crippen molar-refractivity contribution in [3.8, 4) is 0 Å². The fourth-order valence-electron chi connectivity index (χ4n) is 3.48. The van der Waals surface area contributed by atoms with Crippen LogP contribution in [0.2, 0.25) is 0 Å². The Hall–Kier alpha value is -3.49. The largest absolute Gasteiger partial charge is 0.418 e. The highest BCUT2D eigenvalue weighted by atomic mass is 16.4. The topological polar surface area (TPSA) is 109 Å². The van der Waals surface area contributed by atoms with Gasteiger partial charge in [0.1, 0.15) is 5.82 Å². The number of para-hydroxylation sites is 1. The zero-order chi connectivity index (χ0) is 21.1. The monoisotopic (exact) mass is 407 g/mol. The summed E-state index contributed by atoms with van der Waals surface area (Å²) in [7, 11) is 0. The van der Waals surface area contributed by atoms with E-state index in [-0.39, 0.29) is 17.7 Å². The van der Waals surface area contributed by atoms with E-state index in [0.717, 1.165) is 42.7 Å². The normalized spacial score (nSPS) is 13.9. The number of benzene rings is 1. The summed E-state index contributed by atoms with van der Waals surface area (Å²) in [6.45, 7) is 7.58. The number of hydrogen-bond donors (Lipinski definition) is 2. The van der Waals surface area contributed by atoms with Crippen LogP contribution in [-0.2, 0) is 0 Å². The van der Waals surface area contributed by atoms with E-state index in [9.17, 15) is 4.79 Å². The Bertz CT molecular complexity index is 1040. The van der Waals surface area contributed by atoms with E-state index in [1.807, 2.05) is 39.0 Å². The molecule has 3 heterocycles. The van der Waals surface area contributed by atoms with Crippen LogP contribution >= 0.6 is 0 Å². The number of aromatic nitrogens is 4. The van der Waals surface area contributed by atoms with Crippen molar-refractivity contribution in [2.45, 2.75) is 40.0 Å². The molecule has 9 heteroatoms. The van der Waals surface area contributed by atoms with Crippen molar-refractivity contribution in [3.63, 3.8) is 0 Å². The highest BCUT2D eigenvalue weighted by Crippen LogP contribution is 2.22. The molecule has 9 nitrogen and oxygen atoms in total. The maximum Gasteiger partial charge on any atom is 0.302 e. The van der Waals surface area contributed by atoms with Crippen LogP contribution in [-0.4, -0.2) is 38.9 Å². The molecule has 1 amide bonds. The van der Waals surface area contributed by atoms with Crippen LogP contribution < -0.4 is 15.5 Å². The molecule has 156 valence electrons. The number of hydrogen-bond acceptors (Lipinski definition) is 8. The van der Waals surface area contributed by atoms with E-state index in [1.165, 1.54) is 12.6 Å². The van der Waals surface area contributed by atoms with Gasteiger partial charge in [-0.25, -0.2) is 4.98 Å². The number of oxazole rings is 1. The molecule has 1 aliphatic heterocycles. The first-order chi connectivity index (χ1) is 14.5. The van der Waals surface area contributed by atoms with Gasteiger partial charge in [0.25, 0.3) is 5.91 Å². The minimum absolute atomic E-state index is 0.0992. The number of carbonyl (C=O) groups excluding carboxylic acids is 1. The second kappa shape index (κ2) is 8.48. The molecule has 0 atom stereocenters. The summed E-state index contributed by atoms with van der Waals surface area (Å²) < 4.78 is 5.58. The summed E-state index contributed by atoms with van der Waals surface area (Å²) in [5, 5.41) is 5.82. The van der Waals surface area contributed by atoms with Crippen molar-refractivity contribution in [2.75, 3.05) is 28.6 Å². The third kappa shape index (κ3) is 4.40. The number of nitrogens with one attached hydrogen (secondary N) is 2. The molecule has 1 fully saturated rings. The lowest BCUT2D eigenvalue weighted by Gasteiger charge is -2.26. The number of nitrogens with zero attached hydrogens (tertiary/aromatic N) is 5. The minimum Gasteiger partial charge on any atom is -0.418 e. The summed E-state index contributed by atoms with van der Waals surface area (Å²) in [5.41, 5.74) is 2.73. The van der Waals surface area contributed by atoms with Gasteiger partial charge < -0.3 is 14.6 Å².